The Morgan fingerprint density at radius 3 is 2.82 bits per heavy atom. The van der Waals surface area contributed by atoms with Gasteiger partial charge in [0, 0.05) is 68.7 Å². The Labute approximate surface area is 164 Å². The first-order chi connectivity index (χ1) is 13.7. The first-order valence-electron chi connectivity index (χ1n) is 9.88. The fourth-order valence-electron chi connectivity index (χ4n) is 4.39. The van der Waals surface area contributed by atoms with E-state index in [1.807, 2.05) is 28.0 Å². The summed E-state index contributed by atoms with van der Waals surface area (Å²) >= 11 is 0. The molecule has 1 atom stereocenters. The molecule has 2 aromatic rings. The summed E-state index contributed by atoms with van der Waals surface area (Å²) in [6.45, 7) is 2.80. The van der Waals surface area contributed by atoms with Gasteiger partial charge in [0.25, 0.3) is 5.91 Å². The standard InChI is InChI=1S/C21H25N5O2/c27-19-5-8-21(15-25(19)13-6-17-4-1-2-9-23-17)7-3-12-26(16-21)20(28)18-14-22-10-11-24-18/h1-2,4,9-11,14H,3,5-8,12-13,15-16H2. The number of pyridine rings is 1. The van der Waals surface area contributed by atoms with Crippen molar-refractivity contribution in [3.05, 3.63) is 54.4 Å². The highest BCUT2D eigenvalue weighted by Gasteiger charge is 2.42. The summed E-state index contributed by atoms with van der Waals surface area (Å²) in [5.74, 6) is 0.142. The molecule has 7 heteroatoms. The average molecular weight is 379 g/mol. The van der Waals surface area contributed by atoms with Gasteiger partial charge in [-0.05, 0) is 31.4 Å². The monoisotopic (exact) mass is 379 g/mol. The Bertz CT molecular complexity index is 829. The van der Waals surface area contributed by atoms with Crippen LogP contribution in [0.1, 0.15) is 41.9 Å². The van der Waals surface area contributed by atoms with Crippen molar-refractivity contribution >= 4 is 11.8 Å². The Balaban J connectivity index is 1.43. The molecular weight excluding hydrogens is 354 g/mol. The Kier molecular flexibility index (Phi) is 5.32. The minimum absolute atomic E-state index is 0.0197. The van der Waals surface area contributed by atoms with Gasteiger partial charge in [-0.1, -0.05) is 6.07 Å². The maximum Gasteiger partial charge on any atom is 0.274 e. The maximum atomic E-state index is 12.8. The van der Waals surface area contributed by atoms with Crippen molar-refractivity contribution in [3.63, 3.8) is 0 Å². The van der Waals surface area contributed by atoms with Crippen LogP contribution in [0, 0.1) is 5.41 Å². The highest BCUT2D eigenvalue weighted by Crippen LogP contribution is 2.39. The van der Waals surface area contributed by atoms with Gasteiger partial charge in [-0.2, -0.15) is 0 Å². The first-order valence-corrected chi connectivity index (χ1v) is 9.88. The van der Waals surface area contributed by atoms with E-state index in [2.05, 4.69) is 15.0 Å². The first kappa shape index (κ1) is 18.5. The minimum atomic E-state index is -0.0656. The lowest BCUT2D eigenvalue weighted by Gasteiger charge is -2.48. The van der Waals surface area contributed by atoms with Crippen molar-refractivity contribution in [3.8, 4) is 0 Å². The predicted molar refractivity (Wildman–Crippen MR) is 103 cm³/mol. The normalized spacial score (nSPS) is 22.5. The van der Waals surface area contributed by atoms with Crippen LogP contribution in [0.5, 0.6) is 0 Å². The van der Waals surface area contributed by atoms with Crippen molar-refractivity contribution in [1.29, 1.82) is 0 Å². The molecule has 1 unspecified atom stereocenters. The fraction of sp³-hybridized carbons (Fsp3) is 0.476. The van der Waals surface area contributed by atoms with E-state index in [9.17, 15) is 9.59 Å². The van der Waals surface area contributed by atoms with Gasteiger partial charge in [-0.3, -0.25) is 19.6 Å². The summed E-state index contributed by atoms with van der Waals surface area (Å²) in [7, 11) is 0. The average Bonchev–Trinajstić information content (AvgIpc) is 2.75. The number of hydrogen-bond donors (Lipinski definition) is 0. The van der Waals surface area contributed by atoms with E-state index < -0.39 is 0 Å². The van der Waals surface area contributed by atoms with Gasteiger partial charge < -0.3 is 9.80 Å². The number of rotatable bonds is 4. The number of hydrogen-bond acceptors (Lipinski definition) is 5. The molecule has 2 aliphatic heterocycles. The van der Waals surface area contributed by atoms with Gasteiger partial charge in [-0.25, -0.2) is 4.98 Å². The molecule has 2 fully saturated rings. The van der Waals surface area contributed by atoms with Crippen molar-refractivity contribution in [1.82, 2.24) is 24.8 Å². The lowest BCUT2D eigenvalue weighted by atomic mass is 9.73. The van der Waals surface area contributed by atoms with Crippen LogP contribution >= 0.6 is 0 Å². The molecule has 0 radical (unpaired) electrons. The van der Waals surface area contributed by atoms with E-state index in [1.54, 1.807) is 18.6 Å². The van der Waals surface area contributed by atoms with E-state index in [0.29, 0.717) is 31.7 Å². The summed E-state index contributed by atoms with van der Waals surface area (Å²) in [5, 5.41) is 0. The molecule has 2 saturated heterocycles. The number of carbonyl (C=O) groups excluding carboxylic acids is 2. The smallest absolute Gasteiger partial charge is 0.274 e. The summed E-state index contributed by atoms with van der Waals surface area (Å²) in [5.41, 5.74) is 1.37. The van der Waals surface area contributed by atoms with Gasteiger partial charge >= 0.3 is 0 Å². The highest BCUT2D eigenvalue weighted by molar-refractivity contribution is 5.92. The zero-order valence-corrected chi connectivity index (χ0v) is 16.0. The molecule has 28 heavy (non-hydrogen) atoms. The lowest BCUT2D eigenvalue weighted by Crippen LogP contribution is -2.55. The largest absolute Gasteiger partial charge is 0.342 e. The third-order valence-electron chi connectivity index (χ3n) is 5.84. The number of amides is 2. The van der Waals surface area contributed by atoms with Crippen LogP contribution in [0.3, 0.4) is 0 Å². The molecule has 146 valence electrons. The molecule has 0 aromatic carbocycles. The Morgan fingerprint density at radius 2 is 2.04 bits per heavy atom. The number of aromatic nitrogens is 3. The number of piperidine rings is 2. The van der Waals surface area contributed by atoms with E-state index in [1.165, 1.54) is 6.20 Å². The third kappa shape index (κ3) is 4.03. The van der Waals surface area contributed by atoms with Crippen molar-refractivity contribution in [2.24, 2.45) is 5.41 Å². The Hall–Kier alpha value is -2.83. The minimum Gasteiger partial charge on any atom is -0.342 e. The summed E-state index contributed by atoms with van der Waals surface area (Å²) in [6.07, 6.45) is 10.6. The molecule has 0 saturated carbocycles. The summed E-state index contributed by atoms with van der Waals surface area (Å²) in [6, 6.07) is 5.86. The molecule has 4 heterocycles. The van der Waals surface area contributed by atoms with Gasteiger partial charge in [0.1, 0.15) is 5.69 Å². The zero-order chi connectivity index (χ0) is 19.4. The maximum absolute atomic E-state index is 12.8. The number of likely N-dealkylation sites (tertiary alicyclic amines) is 2. The second kappa shape index (κ2) is 8.04. The summed E-state index contributed by atoms with van der Waals surface area (Å²) < 4.78 is 0. The van der Waals surface area contributed by atoms with Crippen LogP contribution < -0.4 is 0 Å². The third-order valence-corrected chi connectivity index (χ3v) is 5.84. The van der Waals surface area contributed by atoms with E-state index in [4.69, 9.17) is 0 Å². The van der Waals surface area contributed by atoms with Crippen LogP contribution in [-0.2, 0) is 11.2 Å². The van der Waals surface area contributed by atoms with Gasteiger partial charge in [0.2, 0.25) is 5.91 Å². The molecule has 0 aliphatic carbocycles. The van der Waals surface area contributed by atoms with E-state index in [0.717, 1.165) is 37.9 Å². The second-order valence-electron chi connectivity index (χ2n) is 7.81. The molecule has 2 amide bonds. The van der Waals surface area contributed by atoms with E-state index >= 15 is 0 Å². The molecular formula is C21H25N5O2. The zero-order valence-electron chi connectivity index (χ0n) is 16.0. The quantitative estimate of drug-likeness (QED) is 0.811. The van der Waals surface area contributed by atoms with Gasteiger partial charge in [-0.15, -0.1) is 0 Å². The fourth-order valence-corrected chi connectivity index (χ4v) is 4.39. The molecule has 0 bridgehead atoms. The van der Waals surface area contributed by atoms with Gasteiger partial charge in [0.15, 0.2) is 0 Å². The molecule has 1 spiro atoms. The van der Waals surface area contributed by atoms with Crippen molar-refractivity contribution in [2.75, 3.05) is 26.2 Å². The molecule has 2 aliphatic rings. The number of nitrogens with zero attached hydrogens (tertiary/aromatic N) is 5. The lowest BCUT2D eigenvalue weighted by molar-refractivity contribution is -0.138. The molecule has 4 rings (SSSR count). The predicted octanol–water partition coefficient (Wildman–Crippen LogP) is 1.96. The summed E-state index contributed by atoms with van der Waals surface area (Å²) in [4.78, 5) is 41.7. The van der Waals surface area contributed by atoms with Gasteiger partial charge in [0.05, 0.1) is 6.20 Å². The van der Waals surface area contributed by atoms with Crippen LogP contribution in [0.2, 0.25) is 0 Å². The molecule has 2 aromatic heterocycles. The van der Waals surface area contributed by atoms with Crippen LogP contribution in [0.25, 0.3) is 0 Å². The molecule has 0 N–H and O–H groups in total. The molecule has 7 nitrogen and oxygen atoms in total. The van der Waals surface area contributed by atoms with Crippen LogP contribution in [-0.4, -0.2) is 62.7 Å². The Morgan fingerprint density at radius 1 is 1.11 bits per heavy atom. The number of carbonyl (C=O) groups is 2. The van der Waals surface area contributed by atoms with Crippen LogP contribution in [0.15, 0.2) is 43.0 Å². The van der Waals surface area contributed by atoms with Crippen LogP contribution in [0.4, 0.5) is 0 Å². The second-order valence-corrected chi connectivity index (χ2v) is 7.81. The van der Waals surface area contributed by atoms with Crippen molar-refractivity contribution in [2.45, 2.75) is 32.1 Å². The van der Waals surface area contributed by atoms with E-state index in [-0.39, 0.29) is 17.2 Å². The highest BCUT2D eigenvalue weighted by atomic mass is 16.2. The van der Waals surface area contributed by atoms with Crippen molar-refractivity contribution < 1.29 is 9.59 Å². The topological polar surface area (TPSA) is 79.3 Å². The SMILES string of the molecule is O=C1CCC2(CCCN(C(=O)c3cnccn3)C2)CN1CCc1ccccn1.